The molecule has 0 rings (SSSR count). The van der Waals surface area contributed by atoms with Crippen LogP contribution in [0.4, 0.5) is 0 Å². The van der Waals surface area contributed by atoms with Crippen LogP contribution in [0.5, 0.6) is 0 Å². The zero-order chi connectivity index (χ0) is 9.45. The monoisotopic (exact) mass is 173 g/mol. The largest absolute Gasteiger partial charge is 0.389 e. The summed E-state index contributed by atoms with van der Waals surface area (Å²) in [5.41, 5.74) is -0.511. The molecular weight excluding hydrogens is 150 g/mol. The highest BCUT2D eigenvalue weighted by Gasteiger charge is 2.17. The van der Waals surface area contributed by atoms with Gasteiger partial charge in [0.05, 0.1) is 5.60 Å². The summed E-state index contributed by atoms with van der Waals surface area (Å²) in [6.45, 7) is 4.79. The highest BCUT2D eigenvalue weighted by Crippen LogP contribution is 2.13. The van der Waals surface area contributed by atoms with Crippen molar-refractivity contribution in [1.29, 1.82) is 0 Å². The van der Waals surface area contributed by atoms with E-state index in [1.54, 1.807) is 0 Å². The number of hydrogen-bond acceptors (Lipinski definition) is 2. The van der Waals surface area contributed by atoms with E-state index >= 15 is 0 Å². The molecule has 0 spiro atoms. The minimum Gasteiger partial charge on any atom is -0.389 e. The molecule has 2 heteroatoms. The van der Waals surface area contributed by atoms with Crippen LogP contribution in [0.3, 0.4) is 0 Å². The van der Waals surface area contributed by atoms with Crippen molar-refractivity contribution in [3.8, 4) is 0 Å². The van der Waals surface area contributed by atoms with Gasteiger partial charge in [0.1, 0.15) is 0 Å². The number of likely N-dealkylation sites (N-methyl/N-ethyl adjacent to an activating group) is 1. The zero-order valence-corrected chi connectivity index (χ0v) is 8.69. The summed E-state index contributed by atoms with van der Waals surface area (Å²) in [7, 11) is 1.88. The van der Waals surface area contributed by atoms with Crippen molar-refractivity contribution >= 4 is 0 Å². The molecule has 1 unspecified atom stereocenters. The van der Waals surface area contributed by atoms with Crippen molar-refractivity contribution < 1.29 is 5.11 Å². The second-order valence-electron chi connectivity index (χ2n) is 3.84. The normalized spacial score (nSPS) is 16.0. The highest BCUT2D eigenvalue weighted by molar-refractivity contribution is 4.73. The molecule has 0 aliphatic heterocycles. The summed E-state index contributed by atoms with van der Waals surface area (Å²) in [5.74, 6) is 0. The van der Waals surface area contributed by atoms with Crippen LogP contribution in [-0.4, -0.2) is 24.3 Å². The molecule has 0 amide bonds. The first-order valence-electron chi connectivity index (χ1n) is 4.99. The van der Waals surface area contributed by atoms with E-state index in [-0.39, 0.29) is 0 Å². The van der Waals surface area contributed by atoms with Crippen molar-refractivity contribution in [2.75, 3.05) is 13.6 Å². The Morgan fingerprint density at radius 1 is 1.25 bits per heavy atom. The molecule has 12 heavy (non-hydrogen) atoms. The molecule has 0 fully saturated rings. The first-order valence-corrected chi connectivity index (χ1v) is 4.99. The van der Waals surface area contributed by atoms with Crippen LogP contribution < -0.4 is 5.32 Å². The third kappa shape index (κ3) is 6.62. The predicted octanol–water partition coefficient (Wildman–Crippen LogP) is 1.93. The highest BCUT2D eigenvalue weighted by atomic mass is 16.3. The third-order valence-electron chi connectivity index (χ3n) is 2.13. The Labute approximate surface area is 76.4 Å². The molecule has 0 aromatic carbocycles. The van der Waals surface area contributed by atoms with E-state index in [0.29, 0.717) is 6.54 Å². The fourth-order valence-electron chi connectivity index (χ4n) is 1.40. The molecule has 2 nitrogen and oxygen atoms in total. The van der Waals surface area contributed by atoms with Gasteiger partial charge < -0.3 is 10.4 Å². The molecule has 0 bridgehead atoms. The Bertz CT molecular complexity index is 102. The van der Waals surface area contributed by atoms with Crippen molar-refractivity contribution in [2.24, 2.45) is 0 Å². The third-order valence-corrected chi connectivity index (χ3v) is 2.13. The zero-order valence-electron chi connectivity index (χ0n) is 8.69. The Balaban J connectivity index is 3.33. The Kier molecular flexibility index (Phi) is 6.39. The van der Waals surface area contributed by atoms with Crippen LogP contribution in [0.2, 0.25) is 0 Å². The summed E-state index contributed by atoms with van der Waals surface area (Å²) in [4.78, 5) is 0. The van der Waals surface area contributed by atoms with Gasteiger partial charge in [-0.05, 0) is 20.4 Å². The lowest BCUT2D eigenvalue weighted by atomic mass is 9.98. The quantitative estimate of drug-likeness (QED) is 0.577. The first-order chi connectivity index (χ1) is 5.62. The maximum atomic E-state index is 9.75. The second kappa shape index (κ2) is 6.44. The average molecular weight is 173 g/mol. The van der Waals surface area contributed by atoms with Crippen LogP contribution in [0, 0.1) is 0 Å². The van der Waals surface area contributed by atoms with Crippen molar-refractivity contribution in [3.05, 3.63) is 0 Å². The standard InChI is InChI=1S/C10H23NO/c1-4-5-6-7-8-10(2,12)9-11-3/h11-12H,4-9H2,1-3H3. The van der Waals surface area contributed by atoms with E-state index in [1.165, 1.54) is 19.3 Å². The summed E-state index contributed by atoms with van der Waals surface area (Å²) >= 11 is 0. The number of unbranched alkanes of at least 4 members (excludes halogenated alkanes) is 3. The van der Waals surface area contributed by atoms with Gasteiger partial charge in [0, 0.05) is 6.54 Å². The van der Waals surface area contributed by atoms with Crippen LogP contribution in [0.1, 0.15) is 46.0 Å². The minimum atomic E-state index is -0.511. The summed E-state index contributed by atoms with van der Waals surface area (Å²) in [5, 5.41) is 12.8. The lowest BCUT2D eigenvalue weighted by Crippen LogP contribution is -2.35. The van der Waals surface area contributed by atoms with E-state index in [4.69, 9.17) is 0 Å². The van der Waals surface area contributed by atoms with Gasteiger partial charge in [-0.3, -0.25) is 0 Å². The van der Waals surface area contributed by atoms with Gasteiger partial charge in [-0.1, -0.05) is 32.6 Å². The molecule has 0 saturated carbocycles. The van der Waals surface area contributed by atoms with Crippen LogP contribution >= 0.6 is 0 Å². The Morgan fingerprint density at radius 3 is 2.42 bits per heavy atom. The molecule has 0 radical (unpaired) electrons. The summed E-state index contributed by atoms with van der Waals surface area (Å²) < 4.78 is 0. The molecule has 1 atom stereocenters. The summed E-state index contributed by atoms with van der Waals surface area (Å²) in [6.07, 6.45) is 5.84. The van der Waals surface area contributed by atoms with Crippen LogP contribution in [0.15, 0.2) is 0 Å². The lowest BCUT2D eigenvalue weighted by Gasteiger charge is -2.22. The van der Waals surface area contributed by atoms with E-state index in [2.05, 4.69) is 12.2 Å². The fraction of sp³-hybridized carbons (Fsp3) is 1.00. The fourth-order valence-corrected chi connectivity index (χ4v) is 1.40. The molecule has 74 valence electrons. The van der Waals surface area contributed by atoms with E-state index < -0.39 is 5.60 Å². The molecule has 0 saturated heterocycles. The molecule has 0 heterocycles. The Morgan fingerprint density at radius 2 is 1.92 bits per heavy atom. The number of aliphatic hydroxyl groups is 1. The van der Waals surface area contributed by atoms with Gasteiger partial charge in [0.15, 0.2) is 0 Å². The lowest BCUT2D eigenvalue weighted by molar-refractivity contribution is 0.0501. The van der Waals surface area contributed by atoms with E-state index in [9.17, 15) is 5.11 Å². The van der Waals surface area contributed by atoms with Gasteiger partial charge >= 0.3 is 0 Å². The molecule has 2 N–H and O–H groups in total. The van der Waals surface area contributed by atoms with Gasteiger partial charge in [0.25, 0.3) is 0 Å². The van der Waals surface area contributed by atoms with Gasteiger partial charge in [-0.25, -0.2) is 0 Å². The van der Waals surface area contributed by atoms with E-state index in [0.717, 1.165) is 12.8 Å². The smallest absolute Gasteiger partial charge is 0.0743 e. The predicted molar refractivity (Wildman–Crippen MR) is 53.3 cm³/mol. The second-order valence-corrected chi connectivity index (χ2v) is 3.84. The van der Waals surface area contributed by atoms with Gasteiger partial charge in [0.2, 0.25) is 0 Å². The van der Waals surface area contributed by atoms with Gasteiger partial charge in [-0.2, -0.15) is 0 Å². The number of hydrogen-bond donors (Lipinski definition) is 2. The van der Waals surface area contributed by atoms with Crippen LogP contribution in [-0.2, 0) is 0 Å². The Hall–Kier alpha value is -0.0800. The number of rotatable bonds is 7. The molecule has 0 aliphatic carbocycles. The van der Waals surface area contributed by atoms with E-state index in [1.807, 2.05) is 14.0 Å². The molecule has 0 aromatic heterocycles. The first kappa shape index (κ1) is 11.9. The topological polar surface area (TPSA) is 32.3 Å². The maximum Gasteiger partial charge on any atom is 0.0743 e. The molecule has 0 aliphatic rings. The SMILES string of the molecule is CCCCCCC(C)(O)CNC. The van der Waals surface area contributed by atoms with Crippen molar-refractivity contribution in [1.82, 2.24) is 5.32 Å². The van der Waals surface area contributed by atoms with Crippen molar-refractivity contribution in [2.45, 2.75) is 51.6 Å². The van der Waals surface area contributed by atoms with Crippen LogP contribution in [0.25, 0.3) is 0 Å². The number of nitrogens with one attached hydrogen (secondary N) is 1. The van der Waals surface area contributed by atoms with Crippen molar-refractivity contribution in [3.63, 3.8) is 0 Å². The van der Waals surface area contributed by atoms with Gasteiger partial charge in [-0.15, -0.1) is 0 Å². The minimum absolute atomic E-state index is 0.511. The molecular formula is C10H23NO. The average Bonchev–Trinajstić information content (AvgIpc) is 1.98. The summed E-state index contributed by atoms with van der Waals surface area (Å²) in [6, 6.07) is 0. The maximum absolute atomic E-state index is 9.75. The molecule has 0 aromatic rings.